The van der Waals surface area contributed by atoms with Gasteiger partial charge in [-0.05, 0) is 127 Å². The summed E-state index contributed by atoms with van der Waals surface area (Å²) in [4.78, 5) is 36.4. The summed E-state index contributed by atoms with van der Waals surface area (Å²) in [5.41, 5.74) is 0.815. The van der Waals surface area contributed by atoms with Crippen LogP contribution in [0.5, 0.6) is 5.88 Å². The zero-order valence-electron chi connectivity index (χ0n) is 29.9. The summed E-state index contributed by atoms with van der Waals surface area (Å²) in [6, 6.07) is 5.12. The minimum absolute atomic E-state index is 0.0554. The molecule has 3 saturated carbocycles. The van der Waals surface area contributed by atoms with Crippen molar-refractivity contribution >= 4 is 40.6 Å². The van der Waals surface area contributed by atoms with Crippen molar-refractivity contribution in [3.8, 4) is 11.7 Å². The van der Waals surface area contributed by atoms with Crippen molar-refractivity contribution in [3.63, 3.8) is 0 Å². The zero-order valence-corrected chi connectivity index (χ0v) is 31.5. The molecule has 2 N–H and O–H groups in total. The van der Waals surface area contributed by atoms with Gasteiger partial charge in [0.25, 0.3) is 5.91 Å². The van der Waals surface area contributed by atoms with Gasteiger partial charge < -0.3 is 19.7 Å². The highest BCUT2D eigenvalue weighted by Gasteiger charge is 2.85. The molecule has 11 nitrogen and oxygen atoms in total. The van der Waals surface area contributed by atoms with Crippen LogP contribution in [0, 0.1) is 22.7 Å². The first-order valence-electron chi connectivity index (χ1n) is 17.6. The van der Waals surface area contributed by atoms with Crippen LogP contribution in [-0.4, -0.2) is 67.5 Å². The van der Waals surface area contributed by atoms with Gasteiger partial charge in [-0.3, -0.25) is 9.52 Å². The van der Waals surface area contributed by atoms with Crippen LogP contribution in [-0.2, 0) is 4.74 Å². The summed E-state index contributed by atoms with van der Waals surface area (Å²) in [7, 11) is 0. The smallest absolute Gasteiger partial charge is 0.410 e. The van der Waals surface area contributed by atoms with E-state index in [4.69, 9.17) is 21.1 Å². The van der Waals surface area contributed by atoms with Crippen molar-refractivity contribution in [3.05, 3.63) is 60.2 Å². The Hall–Kier alpha value is -3.51. The van der Waals surface area contributed by atoms with Crippen LogP contribution in [0.2, 0.25) is 5.15 Å². The van der Waals surface area contributed by atoms with E-state index in [9.17, 15) is 9.59 Å². The number of aromatic nitrogens is 3. The fraction of sp³-hybridized carbons (Fsp3) is 0.595. The lowest BCUT2D eigenvalue weighted by Gasteiger charge is -2.33. The number of amides is 2. The molecular formula is C37H50ClN7O4S. The standard InChI is InChI=1S/C37H50ClN7O4S/c1-8-30(40-24(2)39-19-9-10-25-22-35(6,7)44(23-25)33(47)49-34(3,4)5)50-43-32(46)26-11-12-28(41-31(26)38)45-20-13-29(42-45)48-21-14-27-36(15-16-36)37(27)17-18-37/h8,11-13,20,25,27,39H,1-2,9-10,14-19,21-23H2,3-7H3,(H,43,46)/b40-30+. The van der Waals surface area contributed by atoms with E-state index in [-0.39, 0.29) is 22.3 Å². The Balaban J connectivity index is 0.910. The van der Waals surface area contributed by atoms with E-state index in [1.165, 1.54) is 25.7 Å². The Morgan fingerprint density at radius 2 is 1.88 bits per heavy atom. The van der Waals surface area contributed by atoms with E-state index in [1.807, 2.05) is 31.7 Å². The summed E-state index contributed by atoms with van der Waals surface area (Å²) in [6.45, 7) is 19.7. The van der Waals surface area contributed by atoms with Crippen LogP contribution < -0.4 is 14.8 Å². The van der Waals surface area contributed by atoms with Crippen LogP contribution in [0.15, 0.2) is 54.4 Å². The van der Waals surface area contributed by atoms with E-state index < -0.39 is 11.5 Å². The maximum absolute atomic E-state index is 13.0. The Labute approximate surface area is 304 Å². The summed E-state index contributed by atoms with van der Waals surface area (Å²) in [5, 5.41) is 8.25. The van der Waals surface area contributed by atoms with Crippen LogP contribution in [0.25, 0.3) is 5.82 Å². The molecule has 0 bridgehead atoms. The number of aliphatic imine (C=N–C) groups is 1. The third kappa shape index (κ3) is 7.86. The van der Waals surface area contributed by atoms with Gasteiger partial charge in [-0.2, -0.15) is 0 Å². The van der Waals surface area contributed by atoms with E-state index >= 15 is 0 Å². The van der Waals surface area contributed by atoms with Crippen LogP contribution >= 0.6 is 23.5 Å². The zero-order chi connectivity index (χ0) is 35.9. The number of carbonyl (C=O) groups excluding carboxylic acids is 2. The lowest BCUT2D eigenvalue weighted by Crippen LogP contribution is -2.45. The number of fused-ring (bicyclic) bond motifs is 1. The van der Waals surface area contributed by atoms with Gasteiger partial charge in [-0.15, -0.1) is 5.10 Å². The molecule has 6 rings (SSSR count). The van der Waals surface area contributed by atoms with Gasteiger partial charge in [0, 0.05) is 42.8 Å². The molecule has 1 unspecified atom stereocenters. The summed E-state index contributed by atoms with van der Waals surface area (Å²) >= 11 is 7.45. The van der Waals surface area contributed by atoms with Crippen molar-refractivity contribution in [2.24, 2.45) is 27.7 Å². The molecule has 0 aromatic carbocycles. The molecule has 4 aliphatic rings. The Bertz CT molecular complexity index is 1660. The SMILES string of the molecule is C=C/C(=N\C(=C)NCCCC1CN(C(=O)OC(C)(C)C)C(C)(C)C1)SNC(=O)c1ccc(-n2ccc(OCCC3C4(CC4)C34CC4)n2)nc1Cl. The van der Waals surface area contributed by atoms with Crippen molar-refractivity contribution in [1.82, 2.24) is 29.7 Å². The lowest BCUT2D eigenvalue weighted by atomic mass is 9.93. The minimum atomic E-state index is -0.521. The average Bonchev–Trinajstić information content (AvgIpc) is 4.00. The first-order valence-corrected chi connectivity index (χ1v) is 18.8. The van der Waals surface area contributed by atoms with Gasteiger partial charge in [0.1, 0.15) is 21.6 Å². The van der Waals surface area contributed by atoms with Crippen LogP contribution in [0.1, 0.15) is 96.3 Å². The normalized spacial score (nSPS) is 21.2. The summed E-state index contributed by atoms with van der Waals surface area (Å²) < 4.78 is 15.9. The van der Waals surface area contributed by atoms with Gasteiger partial charge in [0.2, 0.25) is 5.88 Å². The molecule has 2 aromatic rings. The van der Waals surface area contributed by atoms with E-state index in [1.54, 1.807) is 29.1 Å². The molecular weight excluding hydrogens is 674 g/mol. The molecule has 270 valence electrons. The summed E-state index contributed by atoms with van der Waals surface area (Å²) in [6.07, 6.45) is 12.5. The van der Waals surface area contributed by atoms with E-state index in [0.29, 0.717) is 59.0 Å². The number of ether oxygens (including phenoxy) is 2. The highest BCUT2D eigenvalue weighted by molar-refractivity contribution is 8.13. The molecule has 50 heavy (non-hydrogen) atoms. The molecule has 2 amide bonds. The monoisotopic (exact) mass is 723 g/mol. The minimum Gasteiger partial charge on any atom is -0.477 e. The second kappa shape index (κ2) is 13.9. The molecule has 3 heterocycles. The molecule has 4 fully saturated rings. The molecule has 2 spiro atoms. The van der Waals surface area contributed by atoms with Crippen LogP contribution in [0.4, 0.5) is 4.79 Å². The second-order valence-electron chi connectivity index (χ2n) is 15.8. The predicted octanol–water partition coefficient (Wildman–Crippen LogP) is 7.72. The Morgan fingerprint density at radius 1 is 1.16 bits per heavy atom. The number of halogens is 1. The maximum atomic E-state index is 13.0. The Kier molecular flexibility index (Phi) is 10.1. The molecule has 13 heteroatoms. The number of hydrogen-bond donors (Lipinski definition) is 2. The van der Waals surface area contributed by atoms with Gasteiger partial charge >= 0.3 is 6.09 Å². The van der Waals surface area contributed by atoms with Gasteiger partial charge in [-0.25, -0.2) is 19.5 Å². The molecule has 1 saturated heterocycles. The Morgan fingerprint density at radius 3 is 2.52 bits per heavy atom. The number of rotatable bonds is 13. The van der Waals surface area contributed by atoms with Crippen molar-refractivity contribution in [2.45, 2.75) is 97.1 Å². The van der Waals surface area contributed by atoms with Gasteiger partial charge in [0.05, 0.1) is 12.2 Å². The third-order valence-electron chi connectivity index (χ3n) is 10.7. The predicted molar refractivity (Wildman–Crippen MR) is 197 cm³/mol. The van der Waals surface area contributed by atoms with Gasteiger partial charge in [-0.1, -0.05) is 24.8 Å². The number of nitrogens with one attached hydrogen (secondary N) is 2. The molecule has 3 aliphatic carbocycles. The van der Waals surface area contributed by atoms with Crippen molar-refractivity contribution < 1.29 is 19.1 Å². The van der Waals surface area contributed by atoms with Crippen molar-refractivity contribution in [1.29, 1.82) is 0 Å². The number of carbonyl (C=O) groups is 2. The molecule has 1 aliphatic heterocycles. The molecule has 2 aromatic heterocycles. The van der Waals surface area contributed by atoms with E-state index in [0.717, 1.165) is 43.5 Å². The maximum Gasteiger partial charge on any atom is 0.410 e. The molecule has 0 radical (unpaired) electrons. The highest BCUT2D eigenvalue weighted by Crippen LogP contribution is 2.93. The first kappa shape index (κ1) is 36.3. The third-order valence-corrected chi connectivity index (χ3v) is 11.8. The number of nitrogens with zero attached hydrogens (tertiary/aromatic N) is 5. The number of likely N-dealkylation sites (tertiary alicyclic amines) is 1. The first-order chi connectivity index (χ1) is 23.7. The summed E-state index contributed by atoms with van der Waals surface area (Å²) in [5.74, 6) is 2.30. The lowest BCUT2D eigenvalue weighted by molar-refractivity contribution is 0.0130. The fourth-order valence-corrected chi connectivity index (χ4v) is 8.93. The number of hydrogen-bond acceptors (Lipinski definition) is 9. The quantitative estimate of drug-likeness (QED) is 0.0708. The average molecular weight is 724 g/mol. The highest BCUT2D eigenvalue weighted by atomic mass is 35.5. The molecule has 1 atom stereocenters. The largest absolute Gasteiger partial charge is 0.477 e. The van der Waals surface area contributed by atoms with E-state index in [2.05, 4.69) is 52.1 Å². The second-order valence-corrected chi connectivity index (χ2v) is 17.0. The van der Waals surface area contributed by atoms with Crippen LogP contribution in [0.3, 0.4) is 0 Å². The topological polar surface area (TPSA) is 123 Å². The fourth-order valence-electron chi connectivity index (χ4n) is 8.15. The van der Waals surface area contributed by atoms with Gasteiger partial charge in [0.15, 0.2) is 5.82 Å². The van der Waals surface area contributed by atoms with Crippen molar-refractivity contribution in [2.75, 3.05) is 19.7 Å². The number of pyridine rings is 1.